The molecule has 1 atom stereocenters. The number of aromatic nitrogens is 2. The van der Waals surface area contributed by atoms with Crippen LogP contribution in [0.2, 0.25) is 0 Å². The molecule has 9 heteroatoms. The molecular formula is C21H26N4O5. The third-order valence-corrected chi connectivity index (χ3v) is 4.72. The van der Waals surface area contributed by atoms with Crippen LogP contribution in [0.5, 0.6) is 11.5 Å². The van der Waals surface area contributed by atoms with Gasteiger partial charge in [0.15, 0.2) is 0 Å². The molecule has 9 nitrogen and oxygen atoms in total. The Balaban J connectivity index is 1.66. The van der Waals surface area contributed by atoms with Gasteiger partial charge in [0.2, 0.25) is 17.7 Å². The van der Waals surface area contributed by atoms with Gasteiger partial charge in [0.25, 0.3) is 0 Å². The molecule has 160 valence electrons. The number of rotatable bonds is 9. The first-order valence-electron chi connectivity index (χ1n) is 9.92. The Morgan fingerprint density at radius 1 is 1.23 bits per heavy atom. The highest BCUT2D eigenvalue weighted by Crippen LogP contribution is 2.30. The molecule has 2 heterocycles. The summed E-state index contributed by atoms with van der Waals surface area (Å²) >= 11 is 0. The average molecular weight is 414 g/mol. The van der Waals surface area contributed by atoms with Crippen LogP contribution in [-0.4, -0.2) is 52.2 Å². The smallest absolute Gasteiger partial charge is 0.244 e. The van der Waals surface area contributed by atoms with Crippen LogP contribution in [-0.2, 0) is 27.9 Å². The minimum absolute atomic E-state index is 0.0883. The predicted molar refractivity (Wildman–Crippen MR) is 109 cm³/mol. The van der Waals surface area contributed by atoms with Gasteiger partial charge in [0, 0.05) is 25.7 Å². The Hall–Kier alpha value is -3.36. The molecule has 1 aliphatic rings. The topological polar surface area (TPSA) is 103 Å². The number of amides is 3. The second-order valence-corrected chi connectivity index (χ2v) is 7.02. The third kappa shape index (κ3) is 4.97. The molecule has 2 aromatic rings. The van der Waals surface area contributed by atoms with E-state index in [9.17, 15) is 14.4 Å². The van der Waals surface area contributed by atoms with Crippen LogP contribution in [0, 0.1) is 5.92 Å². The van der Waals surface area contributed by atoms with E-state index < -0.39 is 11.8 Å². The summed E-state index contributed by atoms with van der Waals surface area (Å²) < 4.78 is 12.7. The number of anilines is 1. The molecule has 1 aliphatic heterocycles. The van der Waals surface area contributed by atoms with Crippen LogP contribution in [0.3, 0.4) is 0 Å². The van der Waals surface area contributed by atoms with Crippen molar-refractivity contribution >= 4 is 23.4 Å². The van der Waals surface area contributed by atoms with Crippen LogP contribution in [0.15, 0.2) is 30.6 Å². The molecule has 1 N–H and O–H groups in total. The Kier molecular flexibility index (Phi) is 6.71. The van der Waals surface area contributed by atoms with E-state index in [1.807, 2.05) is 20.0 Å². The van der Waals surface area contributed by atoms with E-state index in [1.165, 1.54) is 0 Å². The van der Waals surface area contributed by atoms with Gasteiger partial charge < -0.3 is 14.8 Å². The molecule has 1 saturated heterocycles. The molecule has 0 radical (unpaired) electrons. The molecule has 0 aliphatic carbocycles. The quantitative estimate of drug-likeness (QED) is 0.628. The van der Waals surface area contributed by atoms with Gasteiger partial charge in [-0.15, -0.1) is 0 Å². The van der Waals surface area contributed by atoms with E-state index >= 15 is 0 Å². The zero-order valence-electron chi connectivity index (χ0n) is 17.4. The summed E-state index contributed by atoms with van der Waals surface area (Å²) in [5, 5.41) is 6.81. The van der Waals surface area contributed by atoms with Gasteiger partial charge in [0.05, 0.1) is 31.0 Å². The Morgan fingerprint density at radius 3 is 2.67 bits per heavy atom. The van der Waals surface area contributed by atoms with Crippen LogP contribution >= 0.6 is 0 Å². The molecule has 0 bridgehead atoms. The molecule has 3 amide bonds. The van der Waals surface area contributed by atoms with Gasteiger partial charge >= 0.3 is 0 Å². The Bertz CT molecular complexity index is 939. The van der Waals surface area contributed by atoms with E-state index in [4.69, 9.17) is 9.47 Å². The van der Waals surface area contributed by atoms with Crippen LogP contribution in [0.4, 0.5) is 5.69 Å². The summed E-state index contributed by atoms with van der Waals surface area (Å²) in [5.41, 5.74) is 1.31. The Morgan fingerprint density at radius 2 is 2.00 bits per heavy atom. The third-order valence-electron chi connectivity index (χ3n) is 4.72. The van der Waals surface area contributed by atoms with Crippen molar-refractivity contribution in [1.29, 1.82) is 0 Å². The maximum absolute atomic E-state index is 12.7. The van der Waals surface area contributed by atoms with Crippen LogP contribution in [0.25, 0.3) is 0 Å². The fourth-order valence-electron chi connectivity index (χ4n) is 3.42. The minimum atomic E-state index is -0.478. The van der Waals surface area contributed by atoms with Crippen molar-refractivity contribution in [2.45, 2.75) is 26.7 Å². The number of hydrogen-bond donors (Lipinski definition) is 1. The predicted octanol–water partition coefficient (Wildman–Crippen LogP) is 1.77. The lowest BCUT2D eigenvalue weighted by atomic mass is 10.0. The van der Waals surface area contributed by atoms with Gasteiger partial charge in [-0.25, -0.2) is 0 Å². The number of nitrogens with one attached hydrogen (secondary N) is 1. The van der Waals surface area contributed by atoms with Gasteiger partial charge in [-0.05, 0) is 38.0 Å². The van der Waals surface area contributed by atoms with Gasteiger partial charge in [-0.1, -0.05) is 0 Å². The second kappa shape index (κ2) is 9.43. The van der Waals surface area contributed by atoms with Gasteiger partial charge in [-0.3, -0.25) is 24.0 Å². The molecule has 0 saturated carbocycles. The zero-order chi connectivity index (χ0) is 21.7. The monoisotopic (exact) mass is 414 g/mol. The largest absolute Gasteiger partial charge is 0.494 e. The van der Waals surface area contributed by atoms with E-state index in [-0.39, 0.29) is 24.8 Å². The fraction of sp³-hybridized carbons (Fsp3) is 0.429. The molecular weight excluding hydrogens is 388 g/mol. The first kappa shape index (κ1) is 21.4. The van der Waals surface area contributed by atoms with Crippen LogP contribution in [0.1, 0.15) is 25.8 Å². The highest BCUT2D eigenvalue weighted by Gasteiger charge is 2.39. The maximum Gasteiger partial charge on any atom is 0.244 e. The van der Waals surface area contributed by atoms with Crippen molar-refractivity contribution < 1.29 is 23.9 Å². The van der Waals surface area contributed by atoms with Crippen molar-refractivity contribution in [1.82, 2.24) is 14.7 Å². The molecule has 1 aromatic carbocycles. The number of ether oxygens (including phenoxy) is 2. The molecule has 30 heavy (non-hydrogen) atoms. The first-order chi connectivity index (χ1) is 14.4. The summed E-state index contributed by atoms with van der Waals surface area (Å²) in [4.78, 5) is 38.6. The number of nitrogens with zero attached hydrogens (tertiary/aromatic N) is 3. The lowest BCUT2D eigenvalue weighted by Gasteiger charge is -2.17. The maximum atomic E-state index is 12.7. The van der Waals surface area contributed by atoms with Gasteiger partial charge in [-0.2, -0.15) is 5.10 Å². The number of imide groups is 1. The van der Waals surface area contributed by atoms with Crippen molar-refractivity contribution in [2.24, 2.45) is 13.0 Å². The summed E-state index contributed by atoms with van der Waals surface area (Å²) in [6.07, 6.45) is 3.99. The lowest BCUT2D eigenvalue weighted by molar-refractivity contribution is -0.142. The number of benzene rings is 1. The highest BCUT2D eigenvalue weighted by molar-refractivity contribution is 6.07. The molecule has 0 spiro atoms. The summed E-state index contributed by atoms with van der Waals surface area (Å²) in [5.74, 6) is -0.573. The first-order valence-corrected chi connectivity index (χ1v) is 9.92. The van der Waals surface area contributed by atoms with E-state index in [1.54, 1.807) is 36.1 Å². The van der Waals surface area contributed by atoms with Crippen LogP contribution < -0.4 is 14.8 Å². The summed E-state index contributed by atoms with van der Waals surface area (Å²) in [7, 11) is 1.79. The Labute approximate surface area is 174 Å². The van der Waals surface area contributed by atoms with Crippen molar-refractivity contribution in [3.8, 4) is 11.5 Å². The zero-order valence-corrected chi connectivity index (χ0v) is 17.4. The average Bonchev–Trinajstić information content (AvgIpc) is 3.22. The summed E-state index contributed by atoms with van der Waals surface area (Å²) in [6.45, 7) is 4.27. The normalized spacial score (nSPS) is 16.1. The second-order valence-electron chi connectivity index (χ2n) is 7.02. The number of carbonyl (C=O) groups is 3. The number of aryl methyl sites for hydroxylation is 1. The standard InChI is InChI=1S/C21H26N4O5/c1-4-29-16-6-7-18(30-5-2)17(10-16)23-19(26)13-25-20(27)9-15(21(25)28)8-14-11-22-24(3)12-14/h6-7,10-12,15H,4-5,8-9,13H2,1-3H3,(H,23,26)/t15-/m1/s1. The minimum Gasteiger partial charge on any atom is -0.494 e. The summed E-state index contributed by atoms with van der Waals surface area (Å²) in [6, 6.07) is 5.12. The van der Waals surface area contributed by atoms with E-state index in [0.29, 0.717) is 36.8 Å². The van der Waals surface area contributed by atoms with Crippen molar-refractivity contribution in [3.63, 3.8) is 0 Å². The van der Waals surface area contributed by atoms with E-state index in [0.717, 1.165) is 10.5 Å². The molecule has 3 rings (SSSR count). The van der Waals surface area contributed by atoms with Gasteiger partial charge in [0.1, 0.15) is 18.0 Å². The molecule has 1 aromatic heterocycles. The number of likely N-dealkylation sites (tertiary alicyclic amines) is 1. The van der Waals surface area contributed by atoms with Crippen molar-refractivity contribution in [3.05, 3.63) is 36.2 Å². The molecule has 1 fully saturated rings. The van der Waals surface area contributed by atoms with Crippen molar-refractivity contribution in [2.75, 3.05) is 25.1 Å². The molecule has 0 unspecified atom stereocenters. The number of hydrogen-bond acceptors (Lipinski definition) is 6. The lowest BCUT2D eigenvalue weighted by Crippen LogP contribution is -2.38. The van der Waals surface area contributed by atoms with E-state index in [2.05, 4.69) is 10.4 Å². The number of carbonyl (C=O) groups excluding carboxylic acids is 3. The fourth-order valence-corrected chi connectivity index (χ4v) is 3.42. The highest BCUT2D eigenvalue weighted by atomic mass is 16.5. The SMILES string of the molecule is CCOc1ccc(OCC)c(NC(=O)CN2C(=O)C[C@@H](Cc3cnn(C)c3)C2=O)c1.